The van der Waals surface area contributed by atoms with E-state index in [-0.39, 0.29) is 53.8 Å². The van der Waals surface area contributed by atoms with E-state index in [1.54, 1.807) is 0 Å². The first-order valence-electron chi connectivity index (χ1n) is 7.52. The van der Waals surface area contributed by atoms with Gasteiger partial charge in [-0.05, 0) is 24.3 Å². The number of hydrogen-bond acceptors (Lipinski definition) is 4. The summed E-state index contributed by atoms with van der Waals surface area (Å²) in [6.45, 7) is 0. The van der Waals surface area contributed by atoms with E-state index >= 15 is 0 Å². The zero-order chi connectivity index (χ0) is 27.3. The van der Waals surface area contributed by atoms with Gasteiger partial charge in [-0.3, -0.25) is 0 Å². The molecule has 0 aromatic heterocycles. The molecule has 0 saturated heterocycles. The number of ether oxygens (including phenoxy) is 1. The Kier molecular flexibility index (Phi) is 9.44. The maximum Gasteiger partial charge on any atom is 1.00 e. The van der Waals surface area contributed by atoms with Gasteiger partial charge < -0.3 is 9.29 Å². The fourth-order valence-electron chi connectivity index (χ4n) is 2.19. The predicted octanol–water partition coefficient (Wildman–Crippen LogP) is 2.82. The molecule has 0 heterocycles. The Labute approximate surface area is 205 Å². The van der Waals surface area contributed by atoms with Gasteiger partial charge in [0.15, 0.2) is 0 Å². The van der Waals surface area contributed by atoms with Crippen molar-refractivity contribution in [3.05, 3.63) is 35.4 Å². The van der Waals surface area contributed by atoms with Crippen molar-refractivity contribution < 1.29 is 113 Å². The monoisotopic (exact) mass is 576 g/mol. The van der Waals surface area contributed by atoms with E-state index in [4.69, 9.17) is 0 Å². The Balaban J connectivity index is 0.0000116. The molecular weight excluding hydrogens is 572 g/mol. The van der Waals surface area contributed by atoms with Gasteiger partial charge in [-0.2, -0.15) is 65.9 Å². The van der Waals surface area contributed by atoms with Crippen LogP contribution in [0.4, 0.5) is 65.9 Å². The first kappa shape index (κ1) is 33.6. The van der Waals surface area contributed by atoms with Crippen LogP contribution in [0.15, 0.2) is 40.3 Å². The van der Waals surface area contributed by atoms with Crippen molar-refractivity contribution in [2.45, 2.75) is 41.4 Å². The normalized spacial score (nSPS) is 16.7. The summed E-state index contributed by atoms with van der Waals surface area (Å²) in [5.41, 5.74) is -10.4. The molecule has 21 heteroatoms. The van der Waals surface area contributed by atoms with Gasteiger partial charge in [0.2, 0.25) is 0 Å². The molecule has 1 rings (SSSR count). The van der Waals surface area contributed by atoms with Gasteiger partial charge in [0.25, 0.3) is 0 Å². The third-order valence-electron chi connectivity index (χ3n) is 3.54. The van der Waals surface area contributed by atoms with Crippen molar-refractivity contribution >= 4 is 10.1 Å². The summed E-state index contributed by atoms with van der Waals surface area (Å²) < 4.78 is 232. The maximum atomic E-state index is 14.7. The Morgan fingerprint density at radius 2 is 1.03 bits per heavy atom. The van der Waals surface area contributed by atoms with E-state index in [0.29, 0.717) is 0 Å². The van der Waals surface area contributed by atoms with Crippen LogP contribution in [-0.2, 0) is 10.1 Å². The number of benzene rings is 1. The second kappa shape index (κ2) is 9.82. The van der Waals surface area contributed by atoms with Crippen molar-refractivity contribution in [3.63, 3.8) is 0 Å². The Hall–Kier alpha value is -1.38. The van der Waals surface area contributed by atoms with E-state index in [1.165, 1.54) is 0 Å². The first-order valence-corrected chi connectivity index (χ1v) is 8.93. The summed E-state index contributed by atoms with van der Waals surface area (Å²) in [5.74, 6) is -16.7. The molecule has 35 heavy (non-hydrogen) atoms. The van der Waals surface area contributed by atoms with Crippen LogP contribution in [0.5, 0.6) is 5.75 Å². The van der Waals surface area contributed by atoms with Gasteiger partial charge in [0.1, 0.15) is 27.0 Å². The molecule has 0 aliphatic carbocycles. The molecule has 4 nitrogen and oxygen atoms in total. The van der Waals surface area contributed by atoms with E-state index in [2.05, 4.69) is 4.74 Å². The third-order valence-corrected chi connectivity index (χ3v) is 4.39. The van der Waals surface area contributed by atoms with Crippen molar-refractivity contribution in [1.82, 2.24) is 0 Å². The summed E-state index contributed by atoms with van der Waals surface area (Å²) in [5, 5.41) is 0. The molecule has 0 fully saturated rings. The topological polar surface area (TPSA) is 66.4 Å². The zero-order valence-corrected chi connectivity index (χ0v) is 18.8. The predicted molar refractivity (Wildman–Crippen MR) is 75.1 cm³/mol. The fourth-order valence-corrected chi connectivity index (χ4v) is 2.66. The molecule has 0 radical (unpaired) electrons. The molecule has 0 amide bonds. The SMILES string of the molecule is O=S(=O)([O-])c1ccc(OC(F)(/C(=C(\C(F)(F)F)C(F)(F)C(F)(F)F)C(F)(F)F)C(F)(F)F)cc1.[Na+]. The standard InChI is InChI=1S/C14H5F15O4S.Na/c15-9(16,13(24,25)26)7(11(18,19)20)8(12(21,22)23)10(17,14(27,28)29)33-5-1-3-6(4-2-5)34(30,31)32;/h1-4H,(H,30,31,32);/q;+1/p-1/b8-7+;. The number of halogens is 15. The number of rotatable bonds is 5. The van der Waals surface area contributed by atoms with Crippen molar-refractivity contribution in [2.24, 2.45) is 0 Å². The van der Waals surface area contributed by atoms with Gasteiger partial charge in [-0.1, -0.05) is 0 Å². The fraction of sp³-hybridized carbons (Fsp3) is 0.429. The summed E-state index contributed by atoms with van der Waals surface area (Å²) in [4.78, 5) is -1.33. The van der Waals surface area contributed by atoms with Gasteiger partial charge in [0.05, 0.1) is 4.90 Å². The Bertz CT molecular complexity index is 1040. The number of hydrogen-bond donors (Lipinski definition) is 0. The zero-order valence-electron chi connectivity index (χ0n) is 16.0. The third kappa shape index (κ3) is 7.10. The van der Waals surface area contributed by atoms with Crippen LogP contribution in [-0.4, -0.2) is 49.5 Å². The van der Waals surface area contributed by atoms with Crippen molar-refractivity contribution in [2.75, 3.05) is 0 Å². The Morgan fingerprint density at radius 1 is 0.657 bits per heavy atom. The van der Waals surface area contributed by atoms with Gasteiger partial charge >= 0.3 is 66.0 Å². The molecule has 0 spiro atoms. The molecule has 0 bridgehead atoms. The van der Waals surface area contributed by atoms with Gasteiger partial charge in [0, 0.05) is 0 Å². The van der Waals surface area contributed by atoms with Crippen molar-refractivity contribution in [3.8, 4) is 5.75 Å². The van der Waals surface area contributed by atoms with Crippen LogP contribution < -0.4 is 34.3 Å². The largest absolute Gasteiger partial charge is 1.00 e. The van der Waals surface area contributed by atoms with E-state index in [0.717, 1.165) is 0 Å². The summed E-state index contributed by atoms with van der Waals surface area (Å²) in [6.07, 6.45) is -30.1. The second-order valence-corrected chi connectivity index (χ2v) is 7.32. The molecular formula is C14H4F15NaO4S. The summed E-state index contributed by atoms with van der Waals surface area (Å²) >= 11 is 0. The molecule has 0 aliphatic rings. The van der Waals surface area contributed by atoms with Crippen LogP contribution >= 0.6 is 0 Å². The maximum absolute atomic E-state index is 14.7. The quantitative estimate of drug-likeness (QED) is 0.234. The minimum absolute atomic E-state index is 0. The number of alkyl halides is 15. The molecule has 0 N–H and O–H groups in total. The molecule has 0 aliphatic heterocycles. The van der Waals surface area contributed by atoms with Crippen molar-refractivity contribution in [1.29, 1.82) is 0 Å². The van der Waals surface area contributed by atoms with Crippen LogP contribution in [0, 0.1) is 0 Å². The van der Waals surface area contributed by atoms with E-state index < -0.39 is 68.4 Å². The van der Waals surface area contributed by atoms with E-state index in [1.807, 2.05) is 0 Å². The molecule has 1 atom stereocenters. The van der Waals surface area contributed by atoms with Crippen LogP contribution in [0.2, 0.25) is 0 Å². The minimum Gasteiger partial charge on any atom is -0.744 e. The van der Waals surface area contributed by atoms with Crippen LogP contribution in [0.3, 0.4) is 0 Å². The molecule has 0 saturated carbocycles. The van der Waals surface area contributed by atoms with Crippen LogP contribution in [0.1, 0.15) is 0 Å². The number of allylic oxidation sites excluding steroid dienone is 1. The first-order chi connectivity index (χ1) is 14.7. The molecule has 196 valence electrons. The second-order valence-electron chi connectivity index (χ2n) is 5.94. The molecule has 1 unspecified atom stereocenters. The van der Waals surface area contributed by atoms with Crippen LogP contribution in [0.25, 0.3) is 0 Å². The van der Waals surface area contributed by atoms with Gasteiger partial charge in [-0.15, -0.1) is 0 Å². The summed E-state index contributed by atoms with van der Waals surface area (Å²) in [6, 6.07) is -0.511. The van der Waals surface area contributed by atoms with E-state index in [9.17, 15) is 78.8 Å². The Morgan fingerprint density at radius 3 is 1.29 bits per heavy atom. The minimum atomic E-state index is -7.73. The molecule has 1 aromatic rings. The average Bonchev–Trinajstić information content (AvgIpc) is 2.54. The summed E-state index contributed by atoms with van der Waals surface area (Å²) in [7, 11) is -5.38. The smallest absolute Gasteiger partial charge is 0.744 e. The average molecular weight is 576 g/mol. The molecule has 1 aromatic carbocycles. The van der Waals surface area contributed by atoms with Gasteiger partial charge in [-0.25, -0.2) is 8.42 Å².